The quantitative estimate of drug-likeness (QED) is 0.0930. The highest BCUT2D eigenvalue weighted by atomic mass is 16.3. The highest BCUT2D eigenvalue weighted by Crippen LogP contribution is 2.24. The molecule has 1 unspecified atom stereocenters. The Morgan fingerprint density at radius 1 is 0.614 bits per heavy atom. The highest BCUT2D eigenvalue weighted by Gasteiger charge is 2.21. The Kier molecular flexibility index (Phi) is 16.4. The predicted molar refractivity (Wildman–Crippen MR) is 171 cm³/mol. The molecule has 0 bridgehead atoms. The van der Waals surface area contributed by atoms with Gasteiger partial charge < -0.3 is 10.2 Å². The smallest absolute Gasteiger partial charge is 0.273 e. The Labute approximate surface area is 261 Å². The highest BCUT2D eigenvalue weighted by molar-refractivity contribution is 6.00. The molecule has 0 aliphatic heterocycles. The summed E-state index contributed by atoms with van der Waals surface area (Å²) in [5, 5.41) is 20.5. The molecule has 0 aliphatic rings. The normalized spacial score (nSPS) is 11.4. The largest absolute Gasteiger partial charge is 0.507 e. The number of rotatable bonds is 18. The summed E-state index contributed by atoms with van der Waals surface area (Å²) in [6.45, 7) is 6.18. The van der Waals surface area contributed by atoms with Crippen LogP contribution in [0.25, 0.3) is 0 Å². The minimum Gasteiger partial charge on any atom is -0.507 e. The first-order chi connectivity index (χ1) is 21.2. The standard InChI is InChI=1S/C34H50N4O6/c1-4-7-10-17-26(32(42)36-38-34(44)31-25(16-9-6-3)20-14-22-28(31)40)18-11-12-23-29(41)35-37-33(43)30-24(15-8-5-2)19-13-21-27(30)39/h13-14,19-22,26,39-40H,4-12,15-18,23H2,1-3H3,(H,35,41)(H,36,42)(H,37,43)(H,38,44). The summed E-state index contributed by atoms with van der Waals surface area (Å²) < 4.78 is 0. The van der Waals surface area contributed by atoms with Crippen LogP contribution >= 0.6 is 0 Å². The van der Waals surface area contributed by atoms with Gasteiger partial charge in [-0.05, 0) is 68.2 Å². The monoisotopic (exact) mass is 610 g/mol. The zero-order valence-corrected chi connectivity index (χ0v) is 26.5. The number of aryl methyl sites for hydroxylation is 2. The van der Waals surface area contributed by atoms with Crippen molar-refractivity contribution < 1.29 is 29.4 Å². The van der Waals surface area contributed by atoms with Crippen LogP contribution in [0.5, 0.6) is 11.5 Å². The maximum Gasteiger partial charge on any atom is 0.273 e. The number of aromatic hydroxyl groups is 2. The molecule has 0 radical (unpaired) electrons. The summed E-state index contributed by atoms with van der Waals surface area (Å²) in [4.78, 5) is 51.0. The lowest BCUT2D eigenvalue weighted by molar-refractivity contribution is -0.126. The summed E-state index contributed by atoms with van der Waals surface area (Å²) in [5.41, 5.74) is 11.6. The van der Waals surface area contributed by atoms with Gasteiger partial charge in [0.05, 0.1) is 11.1 Å². The summed E-state index contributed by atoms with van der Waals surface area (Å²) in [6.07, 6.45) is 10.2. The van der Waals surface area contributed by atoms with Crippen molar-refractivity contribution in [3.63, 3.8) is 0 Å². The van der Waals surface area contributed by atoms with Gasteiger partial charge in [-0.3, -0.25) is 40.9 Å². The summed E-state index contributed by atoms with van der Waals surface area (Å²) in [5.74, 6) is -2.42. The molecule has 10 heteroatoms. The van der Waals surface area contributed by atoms with Crippen LogP contribution in [0.3, 0.4) is 0 Å². The van der Waals surface area contributed by atoms with Gasteiger partial charge in [0.2, 0.25) is 11.8 Å². The third kappa shape index (κ3) is 11.9. The van der Waals surface area contributed by atoms with Gasteiger partial charge >= 0.3 is 0 Å². The second kappa shape index (κ2) is 20.0. The predicted octanol–water partition coefficient (Wildman–Crippen LogP) is 5.76. The summed E-state index contributed by atoms with van der Waals surface area (Å²) >= 11 is 0. The van der Waals surface area contributed by atoms with Gasteiger partial charge in [-0.15, -0.1) is 0 Å². The molecule has 2 rings (SSSR count). The average Bonchev–Trinajstić information content (AvgIpc) is 3.01. The third-order valence-corrected chi connectivity index (χ3v) is 7.66. The van der Waals surface area contributed by atoms with Gasteiger partial charge in [0.1, 0.15) is 11.5 Å². The first-order valence-electron chi connectivity index (χ1n) is 16.0. The maximum atomic E-state index is 13.0. The van der Waals surface area contributed by atoms with E-state index in [-0.39, 0.29) is 46.8 Å². The van der Waals surface area contributed by atoms with E-state index in [0.717, 1.165) is 56.1 Å². The molecule has 242 valence electrons. The van der Waals surface area contributed by atoms with E-state index in [1.54, 1.807) is 24.3 Å². The van der Waals surface area contributed by atoms with Crippen molar-refractivity contribution in [2.45, 2.75) is 111 Å². The molecule has 0 fully saturated rings. The lowest BCUT2D eigenvalue weighted by Gasteiger charge is -2.18. The molecule has 2 aromatic rings. The Balaban J connectivity index is 1.86. The number of hydrogen-bond acceptors (Lipinski definition) is 6. The molecular weight excluding hydrogens is 560 g/mol. The molecule has 4 amide bonds. The number of amides is 4. The molecule has 10 nitrogen and oxygen atoms in total. The number of carbonyl (C=O) groups is 4. The fraction of sp³-hybridized carbons (Fsp3) is 0.529. The first-order valence-corrected chi connectivity index (χ1v) is 16.0. The number of phenols is 2. The van der Waals surface area contributed by atoms with E-state index in [1.807, 2.05) is 13.8 Å². The van der Waals surface area contributed by atoms with Crippen LogP contribution in [0.2, 0.25) is 0 Å². The number of nitrogens with one attached hydrogen (secondary N) is 4. The van der Waals surface area contributed by atoms with Crippen LogP contribution in [0.15, 0.2) is 36.4 Å². The molecular formula is C34H50N4O6. The van der Waals surface area contributed by atoms with E-state index >= 15 is 0 Å². The van der Waals surface area contributed by atoms with Gasteiger partial charge in [-0.1, -0.05) is 83.6 Å². The van der Waals surface area contributed by atoms with E-state index in [9.17, 15) is 29.4 Å². The van der Waals surface area contributed by atoms with E-state index in [0.29, 0.717) is 38.5 Å². The van der Waals surface area contributed by atoms with Gasteiger partial charge in [0.15, 0.2) is 0 Å². The van der Waals surface area contributed by atoms with Crippen molar-refractivity contribution >= 4 is 23.6 Å². The van der Waals surface area contributed by atoms with Gasteiger partial charge in [0.25, 0.3) is 11.8 Å². The SMILES string of the molecule is CCCCCC(CCCCC(=O)NNC(=O)c1c(O)cccc1CCCC)C(=O)NNC(=O)c1c(O)cccc1CCCC. The Bertz CT molecular complexity index is 1230. The molecule has 0 aliphatic carbocycles. The topological polar surface area (TPSA) is 157 Å². The third-order valence-electron chi connectivity index (χ3n) is 7.66. The molecule has 0 spiro atoms. The fourth-order valence-corrected chi connectivity index (χ4v) is 5.11. The van der Waals surface area contributed by atoms with Crippen LogP contribution in [-0.2, 0) is 22.4 Å². The molecule has 0 aromatic heterocycles. The van der Waals surface area contributed by atoms with Gasteiger partial charge in [0, 0.05) is 12.3 Å². The zero-order chi connectivity index (χ0) is 32.3. The molecule has 0 saturated heterocycles. The number of carbonyl (C=O) groups excluding carboxylic acids is 4. The Morgan fingerprint density at radius 3 is 1.59 bits per heavy atom. The summed E-state index contributed by atoms with van der Waals surface area (Å²) in [7, 11) is 0. The molecule has 2 aromatic carbocycles. The van der Waals surface area contributed by atoms with Crippen molar-refractivity contribution in [2.24, 2.45) is 5.92 Å². The lowest BCUT2D eigenvalue weighted by atomic mass is 9.94. The lowest BCUT2D eigenvalue weighted by Crippen LogP contribution is -2.45. The van der Waals surface area contributed by atoms with Crippen LogP contribution in [0, 0.1) is 5.92 Å². The van der Waals surface area contributed by atoms with Crippen LogP contribution in [0.4, 0.5) is 0 Å². The minimum absolute atomic E-state index is 0.128. The van der Waals surface area contributed by atoms with Gasteiger partial charge in [-0.25, -0.2) is 0 Å². The van der Waals surface area contributed by atoms with Crippen molar-refractivity contribution in [1.82, 2.24) is 21.7 Å². The molecule has 44 heavy (non-hydrogen) atoms. The molecule has 0 saturated carbocycles. The Morgan fingerprint density at radius 2 is 1.09 bits per heavy atom. The van der Waals surface area contributed by atoms with Crippen molar-refractivity contribution in [2.75, 3.05) is 0 Å². The van der Waals surface area contributed by atoms with Crippen molar-refractivity contribution in [3.05, 3.63) is 58.7 Å². The van der Waals surface area contributed by atoms with Gasteiger partial charge in [-0.2, -0.15) is 0 Å². The van der Waals surface area contributed by atoms with Crippen molar-refractivity contribution in [1.29, 1.82) is 0 Å². The minimum atomic E-state index is -0.571. The van der Waals surface area contributed by atoms with Crippen molar-refractivity contribution in [3.8, 4) is 11.5 Å². The zero-order valence-electron chi connectivity index (χ0n) is 26.5. The molecule has 1 atom stereocenters. The number of unbranched alkanes of at least 4 members (excludes halogenated alkanes) is 5. The Hall–Kier alpha value is -4.08. The maximum absolute atomic E-state index is 13.0. The van der Waals surface area contributed by atoms with E-state index in [2.05, 4.69) is 28.6 Å². The fourth-order valence-electron chi connectivity index (χ4n) is 5.11. The number of hydrogen-bond donors (Lipinski definition) is 6. The van der Waals surface area contributed by atoms with Crippen LogP contribution < -0.4 is 21.7 Å². The summed E-state index contributed by atoms with van der Waals surface area (Å²) in [6, 6.07) is 9.89. The van der Waals surface area contributed by atoms with E-state index < -0.39 is 11.8 Å². The van der Waals surface area contributed by atoms with E-state index in [4.69, 9.17) is 0 Å². The molecule has 6 N–H and O–H groups in total. The number of hydrazine groups is 2. The van der Waals surface area contributed by atoms with Crippen LogP contribution in [0.1, 0.15) is 130 Å². The van der Waals surface area contributed by atoms with E-state index in [1.165, 1.54) is 12.1 Å². The van der Waals surface area contributed by atoms with Crippen LogP contribution in [-0.4, -0.2) is 33.8 Å². The second-order valence-electron chi connectivity index (χ2n) is 11.2. The number of benzene rings is 2. The molecule has 0 heterocycles. The first kappa shape index (κ1) is 36.1. The number of phenolic OH excluding ortho intramolecular Hbond substituents is 2. The average molecular weight is 611 g/mol. The second-order valence-corrected chi connectivity index (χ2v) is 11.2.